The van der Waals surface area contributed by atoms with E-state index in [1.807, 2.05) is 0 Å². The molecule has 0 aliphatic heterocycles. The molecule has 2 aliphatic carbocycles. The van der Waals surface area contributed by atoms with E-state index in [0.29, 0.717) is 16.2 Å². The van der Waals surface area contributed by atoms with Crippen molar-refractivity contribution in [2.24, 2.45) is 22.2 Å². The highest BCUT2D eigenvalue weighted by Gasteiger charge is 2.51. The molecule has 2 aliphatic rings. The predicted molar refractivity (Wildman–Crippen MR) is 66.9 cm³/mol. The molecule has 2 fully saturated rings. The second kappa shape index (κ2) is 3.25. The molecular formula is C15H28. The highest BCUT2D eigenvalue weighted by molar-refractivity contribution is 5.02. The Morgan fingerprint density at radius 2 is 1.27 bits per heavy atom. The fourth-order valence-electron chi connectivity index (χ4n) is 4.87. The average molecular weight is 208 g/mol. The Morgan fingerprint density at radius 1 is 0.800 bits per heavy atom. The van der Waals surface area contributed by atoms with E-state index in [-0.39, 0.29) is 0 Å². The first kappa shape index (κ1) is 11.5. The molecule has 0 aromatic heterocycles. The van der Waals surface area contributed by atoms with Gasteiger partial charge in [0, 0.05) is 0 Å². The van der Waals surface area contributed by atoms with Crippen LogP contribution in [-0.2, 0) is 0 Å². The van der Waals surface area contributed by atoms with Gasteiger partial charge in [0.05, 0.1) is 0 Å². The standard InChI is InChI=1S/C15H28/c1-12(2)15(5)10-13(3)7-6-8-14(4,9-13)11-15/h12H,6-11H2,1-5H3. The molecular weight excluding hydrogens is 180 g/mol. The van der Waals surface area contributed by atoms with Gasteiger partial charge < -0.3 is 0 Å². The molecule has 0 radical (unpaired) electrons. The summed E-state index contributed by atoms with van der Waals surface area (Å²) in [6.45, 7) is 12.5. The Bertz CT molecular complexity index is 235. The van der Waals surface area contributed by atoms with E-state index in [4.69, 9.17) is 0 Å². The molecule has 15 heavy (non-hydrogen) atoms. The summed E-state index contributed by atoms with van der Waals surface area (Å²) in [4.78, 5) is 0. The Morgan fingerprint density at radius 3 is 1.67 bits per heavy atom. The molecule has 0 nitrogen and oxygen atoms in total. The van der Waals surface area contributed by atoms with Gasteiger partial charge in [0.15, 0.2) is 0 Å². The molecule has 0 amide bonds. The van der Waals surface area contributed by atoms with E-state index < -0.39 is 0 Å². The van der Waals surface area contributed by atoms with Crippen LogP contribution in [0.1, 0.15) is 73.1 Å². The quantitative estimate of drug-likeness (QED) is 0.567. The van der Waals surface area contributed by atoms with Crippen molar-refractivity contribution in [3.8, 4) is 0 Å². The first-order valence-corrected chi connectivity index (χ1v) is 6.77. The summed E-state index contributed by atoms with van der Waals surface area (Å²) in [5.41, 5.74) is 1.91. The summed E-state index contributed by atoms with van der Waals surface area (Å²) in [7, 11) is 0. The van der Waals surface area contributed by atoms with Crippen LogP contribution in [0.3, 0.4) is 0 Å². The van der Waals surface area contributed by atoms with E-state index in [1.54, 1.807) is 0 Å². The lowest BCUT2D eigenvalue weighted by Crippen LogP contribution is -2.47. The second-order valence-corrected chi connectivity index (χ2v) is 7.81. The van der Waals surface area contributed by atoms with Gasteiger partial charge in [0.25, 0.3) is 0 Å². The number of hydrogen-bond acceptors (Lipinski definition) is 0. The molecule has 2 atom stereocenters. The summed E-state index contributed by atoms with van der Waals surface area (Å²) < 4.78 is 0. The van der Waals surface area contributed by atoms with Gasteiger partial charge in [-0.05, 0) is 54.3 Å². The minimum absolute atomic E-state index is 0.599. The highest BCUT2D eigenvalue weighted by Crippen LogP contribution is 2.62. The first-order chi connectivity index (χ1) is 6.77. The zero-order valence-electron chi connectivity index (χ0n) is 11.3. The van der Waals surface area contributed by atoms with Crippen molar-refractivity contribution >= 4 is 0 Å². The normalized spacial score (nSPS) is 50.8. The predicted octanol–water partition coefficient (Wildman–Crippen LogP) is 5.03. The third-order valence-electron chi connectivity index (χ3n) is 5.47. The lowest BCUT2D eigenvalue weighted by Gasteiger charge is -2.58. The van der Waals surface area contributed by atoms with Crippen LogP contribution < -0.4 is 0 Å². The number of fused-ring (bicyclic) bond motifs is 2. The Labute approximate surface area is 95.8 Å². The van der Waals surface area contributed by atoms with Crippen LogP contribution in [0.25, 0.3) is 0 Å². The Balaban J connectivity index is 2.28. The van der Waals surface area contributed by atoms with Crippen molar-refractivity contribution in [1.29, 1.82) is 0 Å². The molecule has 2 saturated carbocycles. The monoisotopic (exact) mass is 208 g/mol. The molecule has 0 spiro atoms. The summed E-state index contributed by atoms with van der Waals surface area (Å²) in [5.74, 6) is 0.842. The van der Waals surface area contributed by atoms with E-state index in [0.717, 1.165) is 5.92 Å². The van der Waals surface area contributed by atoms with Gasteiger partial charge in [-0.1, -0.05) is 41.0 Å². The zero-order chi connectivity index (χ0) is 11.3. The Kier molecular flexibility index (Phi) is 2.48. The van der Waals surface area contributed by atoms with Crippen molar-refractivity contribution < 1.29 is 0 Å². The van der Waals surface area contributed by atoms with Crippen molar-refractivity contribution in [1.82, 2.24) is 0 Å². The van der Waals surface area contributed by atoms with E-state index in [1.165, 1.54) is 38.5 Å². The van der Waals surface area contributed by atoms with Gasteiger partial charge in [0.2, 0.25) is 0 Å². The average Bonchev–Trinajstić information content (AvgIpc) is 1.98. The van der Waals surface area contributed by atoms with Gasteiger partial charge >= 0.3 is 0 Å². The maximum absolute atomic E-state index is 2.55. The molecule has 0 heteroatoms. The summed E-state index contributed by atoms with van der Waals surface area (Å²) in [5, 5.41) is 0. The van der Waals surface area contributed by atoms with Crippen molar-refractivity contribution in [3.63, 3.8) is 0 Å². The second-order valence-electron chi connectivity index (χ2n) is 7.81. The lowest BCUT2D eigenvalue weighted by atomic mass is 9.47. The topological polar surface area (TPSA) is 0 Å². The smallest absolute Gasteiger partial charge is 0.0292 e. The minimum atomic E-state index is 0.599. The molecule has 0 saturated heterocycles. The van der Waals surface area contributed by atoms with Gasteiger partial charge in [-0.15, -0.1) is 0 Å². The van der Waals surface area contributed by atoms with Crippen LogP contribution in [0.15, 0.2) is 0 Å². The molecule has 2 unspecified atom stereocenters. The molecule has 2 rings (SSSR count). The maximum atomic E-state index is 2.55. The summed E-state index contributed by atoms with van der Waals surface area (Å²) in [6.07, 6.45) is 8.85. The van der Waals surface area contributed by atoms with Crippen LogP contribution in [0.4, 0.5) is 0 Å². The molecule has 2 bridgehead atoms. The lowest BCUT2D eigenvalue weighted by molar-refractivity contribution is -0.0704. The first-order valence-electron chi connectivity index (χ1n) is 6.77. The SMILES string of the molecule is CC(C)C1(C)CC2(C)CCCC(C)(C2)C1. The molecule has 88 valence electrons. The molecule has 0 aromatic rings. The Hall–Kier alpha value is 0. The third kappa shape index (κ3) is 1.97. The van der Waals surface area contributed by atoms with Crippen LogP contribution in [0.5, 0.6) is 0 Å². The highest BCUT2D eigenvalue weighted by atomic mass is 14.6. The van der Waals surface area contributed by atoms with Crippen LogP contribution in [0.2, 0.25) is 0 Å². The van der Waals surface area contributed by atoms with Crippen LogP contribution >= 0.6 is 0 Å². The minimum Gasteiger partial charge on any atom is -0.0623 e. The number of hydrogen-bond donors (Lipinski definition) is 0. The van der Waals surface area contributed by atoms with Crippen LogP contribution in [-0.4, -0.2) is 0 Å². The summed E-state index contributed by atoms with van der Waals surface area (Å²) >= 11 is 0. The van der Waals surface area contributed by atoms with E-state index in [2.05, 4.69) is 34.6 Å². The number of rotatable bonds is 1. The van der Waals surface area contributed by atoms with Crippen molar-refractivity contribution in [2.75, 3.05) is 0 Å². The fourth-order valence-corrected chi connectivity index (χ4v) is 4.87. The van der Waals surface area contributed by atoms with Gasteiger partial charge in [-0.3, -0.25) is 0 Å². The van der Waals surface area contributed by atoms with Crippen molar-refractivity contribution in [2.45, 2.75) is 73.1 Å². The van der Waals surface area contributed by atoms with Crippen LogP contribution in [0, 0.1) is 22.2 Å². The largest absolute Gasteiger partial charge is 0.0623 e. The fraction of sp³-hybridized carbons (Fsp3) is 1.00. The van der Waals surface area contributed by atoms with E-state index in [9.17, 15) is 0 Å². The third-order valence-corrected chi connectivity index (χ3v) is 5.47. The van der Waals surface area contributed by atoms with Gasteiger partial charge in [0.1, 0.15) is 0 Å². The molecule has 0 aromatic carbocycles. The molecule has 0 N–H and O–H groups in total. The summed E-state index contributed by atoms with van der Waals surface area (Å²) in [6, 6.07) is 0. The molecule has 0 heterocycles. The van der Waals surface area contributed by atoms with Gasteiger partial charge in [-0.2, -0.15) is 0 Å². The maximum Gasteiger partial charge on any atom is -0.0292 e. The van der Waals surface area contributed by atoms with Crippen molar-refractivity contribution in [3.05, 3.63) is 0 Å². The van der Waals surface area contributed by atoms with Gasteiger partial charge in [-0.25, -0.2) is 0 Å². The zero-order valence-corrected chi connectivity index (χ0v) is 11.3. The van der Waals surface area contributed by atoms with E-state index >= 15 is 0 Å².